The van der Waals surface area contributed by atoms with Crippen LogP contribution in [0.4, 0.5) is 16.3 Å². The summed E-state index contributed by atoms with van der Waals surface area (Å²) in [4.78, 5) is 42.0. The van der Waals surface area contributed by atoms with E-state index in [1.54, 1.807) is 49.8 Å². The minimum Gasteiger partial charge on any atom is -0.368 e. The van der Waals surface area contributed by atoms with Crippen LogP contribution in [-0.4, -0.2) is 78.3 Å². The number of carbonyl (C=O) groups excluding carboxylic acids is 1. The SMILES string of the molecule is CN(C)C(OCS(=O)(=O)NC(=O)c1ccc(C#N)cc1-c1nc2cc(-c3cnc(N)nc3)ccc2n1C(C)(C)C)c1ccc(F)c(-c2nc3cc(-c4cnc(N)nc4)ccc3n2C(C)(C)C)c1. The van der Waals surface area contributed by atoms with Gasteiger partial charge < -0.3 is 25.3 Å². The van der Waals surface area contributed by atoms with Crippen LogP contribution in [0, 0.1) is 17.1 Å². The van der Waals surface area contributed by atoms with Gasteiger partial charge in [0.1, 0.15) is 23.7 Å². The molecule has 5 N–H and O–H groups in total. The highest BCUT2D eigenvalue weighted by Gasteiger charge is 2.30. The number of amides is 1. The van der Waals surface area contributed by atoms with Crippen LogP contribution in [0.25, 0.3) is 67.1 Å². The lowest BCUT2D eigenvalue weighted by atomic mass is 10.0. The van der Waals surface area contributed by atoms with Crippen LogP contribution in [0.2, 0.25) is 0 Å². The van der Waals surface area contributed by atoms with E-state index in [0.29, 0.717) is 33.8 Å². The number of benzene rings is 4. The first-order valence-corrected chi connectivity index (χ1v) is 22.7. The lowest BCUT2D eigenvalue weighted by Gasteiger charge is -2.27. The number of imidazole rings is 2. The fraction of sp³-hybridized carbons (Fsp3) is 0.250. The van der Waals surface area contributed by atoms with Crippen LogP contribution in [0.15, 0.2) is 97.6 Å². The van der Waals surface area contributed by atoms with E-state index < -0.39 is 45.0 Å². The molecule has 0 aliphatic carbocycles. The Morgan fingerprint density at radius 1 is 0.746 bits per heavy atom. The third kappa shape index (κ3) is 9.27. The average Bonchev–Trinajstić information content (AvgIpc) is 3.86. The Morgan fingerprint density at radius 2 is 1.25 bits per heavy atom. The van der Waals surface area contributed by atoms with Gasteiger partial charge in [0.25, 0.3) is 15.9 Å². The molecular weight excluding hydrogens is 874 g/mol. The largest absolute Gasteiger partial charge is 0.368 e. The van der Waals surface area contributed by atoms with Gasteiger partial charge in [0, 0.05) is 52.6 Å². The lowest BCUT2D eigenvalue weighted by molar-refractivity contribution is -0.0166. The lowest BCUT2D eigenvalue weighted by Crippen LogP contribution is -2.35. The van der Waals surface area contributed by atoms with E-state index in [2.05, 4.69) is 30.7 Å². The molecule has 4 aromatic carbocycles. The molecule has 1 unspecified atom stereocenters. The van der Waals surface area contributed by atoms with Gasteiger partial charge in [0.15, 0.2) is 5.94 Å². The summed E-state index contributed by atoms with van der Waals surface area (Å²) in [5.41, 5.74) is 17.0. The number of nitrogens with one attached hydrogen (secondary N) is 1. The fourth-order valence-corrected chi connectivity index (χ4v) is 8.76. The number of halogens is 1. The second kappa shape index (κ2) is 17.3. The van der Waals surface area contributed by atoms with Crippen LogP contribution in [0.1, 0.15) is 69.3 Å². The molecule has 0 aliphatic heterocycles. The number of anilines is 2. The molecule has 0 fully saturated rings. The number of fused-ring (bicyclic) bond motifs is 2. The molecule has 0 saturated heterocycles. The number of nitriles is 1. The highest BCUT2D eigenvalue weighted by Crippen LogP contribution is 2.38. The Hall–Kier alpha value is -7.66. The van der Waals surface area contributed by atoms with Crippen LogP contribution in [0.3, 0.4) is 0 Å². The molecule has 1 amide bonds. The zero-order valence-corrected chi connectivity index (χ0v) is 38.9. The van der Waals surface area contributed by atoms with Gasteiger partial charge in [-0.2, -0.15) is 5.26 Å². The van der Waals surface area contributed by atoms with E-state index in [-0.39, 0.29) is 34.2 Å². The molecule has 8 rings (SSSR count). The van der Waals surface area contributed by atoms with Crippen LogP contribution in [-0.2, 0) is 25.8 Å². The number of nitrogens with two attached hydrogens (primary N) is 2. The predicted octanol–water partition coefficient (Wildman–Crippen LogP) is 7.61. The molecule has 67 heavy (non-hydrogen) atoms. The summed E-state index contributed by atoms with van der Waals surface area (Å²) >= 11 is 0. The van der Waals surface area contributed by atoms with Crippen molar-refractivity contribution in [1.29, 1.82) is 5.26 Å². The zero-order valence-electron chi connectivity index (χ0n) is 38.1. The molecule has 17 nitrogen and oxygen atoms in total. The van der Waals surface area contributed by atoms with Gasteiger partial charge in [-0.1, -0.05) is 18.2 Å². The quantitative estimate of drug-likeness (QED) is 0.106. The van der Waals surface area contributed by atoms with E-state index in [4.69, 9.17) is 26.2 Å². The zero-order chi connectivity index (χ0) is 48.2. The number of nitrogen functional groups attached to an aromatic ring is 2. The van der Waals surface area contributed by atoms with Crippen LogP contribution in [0.5, 0.6) is 0 Å². The van der Waals surface area contributed by atoms with Crippen LogP contribution < -0.4 is 16.2 Å². The molecule has 0 radical (unpaired) electrons. The molecule has 8 aromatic rings. The maximum atomic E-state index is 16.0. The van der Waals surface area contributed by atoms with Gasteiger partial charge in [0.2, 0.25) is 11.9 Å². The molecule has 1 atom stereocenters. The average molecular weight is 922 g/mol. The maximum Gasteiger partial charge on any atom is 0.265 e. The second-order valence-electron chi connectivity index (χ2n) is 18.2. The molecule has 0 spiro atoms. The number of aromatic nitrogens is 8. The van der Waals surface area contributed by atoms with Crippen molar-refractivity contribution in [3.63, 3.8) is 0 Å². The van der Waals surface area contributed by atoms with Crippen molar-refractivity contribution < 1.29 is 22.3 Å². The molecule has 0 aliphatic rings. The van der Waals surface area contributed by atoms with Crippen molar-refractivity contribution in [3.05, 3.63) is 120 Å². The van der Waals surface area contributed by atoms with E-state index >= 15 is 4.39 Å². The van der Waals surface area contributed by atoms with Gasteiger partial charge in [-0.3, -0.25) is 9.69 Å². The molecule has 0 bridgehead atoms. The summed E-state index contributed by atoms with van der Waals surface area (Å²) in [6, 6.07) is 22.1. The first kappa shape index (κ1) is 45.9. The third-order valence-corrected chi connectivity index (χ3v) is 11.9. The summed E-state index contributed by atoms with van der Waals surface area (Å²) in [6.45, 7) is 11.9. The van der Waals surface area contributed by atoms with E-state index in [0.717, 1.165) is 27.7 Å². The Balaban J connectivity index is 1.09. The fourth-order valence-electron chi connectivity index (χ4n) is 8.00. The first-order valence-electron chi connectivity index (χ1n) is 21.0. The summed E-state index contributed by atoms with van der Waals surface area (Å²) < 4.78 is 55.7. The highest BCUT2D eigenvalue weighted by molar-refractivity contribution is 7.89. The standard InChI is InChI=1S/C48H48FN13O4S/c1-47(2,3)61-39-15-11-28(31-22-53-45(51)54-23-31)19-37(39)57-41(61)34-17-27(21-50)9-13-33(34)43(63)59-67(64,65)26-66-44(60(7)8)30-10-14-36(49)35(18-30)42-58-38-20-29(32-24-55-46(52)56-25-32)12-16-40(38)62(42)48(4,5)6/h9-20,22-25,44H,26H2,1-8H3,(H,59,63)(H2,51,53,54)(H2,52,55,56). The van der Waals surface area contributed by atoms with Crippen molar-refractivity contribution in [3.8, 4) is 51.1 Å². The smallest absolute Gasteiger partial charge is 0.265 e. The van der Waals surface area contributed by atoms with Gasteiger partial charge >= 0.3 is 0 Å². The summed E-state index contributed by atoms with van der Waals surface area (Å²) in [6.07, 6.45) is 5.43. The number of hydrogen-bond acceptors (Lipinski definition) is 14. The molecule has 0 saturated carbocycles. The van der Waals surface area contributed by atoms with Crippen molar-refractivity contribution in [2.45, 2.75) is 58.8 Å². The minimum atomic E-state index is -4.49. The Kier molecular flexibility index (Phi) is 11.8. The van der Waals surface area contributed by atoms with Gasteiger partial charge in [-0.25, -0.2) is 47.4 Å². The number of rotatable bonds is 11. The van der Waals surface area contributed by atoms with Gasteiger partial charge in [-0.05, 0) is 127 Å². The number of nitrogens with zero attached hydrogens (tertiary/aromatic N) is 10. The summed E-state index contributed by atoms with van der Waals surface area (Å²) in [5, 5.41) is 9.92. The van der Waals surface area contributed by atoms with Crippen molar-refractivity contribution in [1.82, 2.24) is 48.7 Å². The predicted molar refractivity (Wildman–Crippen MR) is 255 cm³/mol. The number of ether oxygens (including phenoxy) is 1. The van der Waals surface area contributed by atoms with Crippen molar-refractivity contribution >= 4 is 49.9 Å². The highest BCUT2D eigenvalue weighted by atomic mass is 32.2. The van der Waals surface area contributed by atoms with E-state index in [1.165, 1.54) is 30.3 Å². The van der Waals surface area contributed by atoms with Crippen molar-refractivity contribution in [2.24, 2.45) is 0 Å². The van der Waals surface area contributed by atoms with E-state index in [1.807, 2.05) is 87.1 Å². The van der Waals surface area contributed by atoms with Gasteiger partial charge in [0.05, 0.1) is 44.8 Å². The molecule has 19 heteroatoms. The Labute approximate surface area is 386 Å². The van der Waals surface area contributed by atoms with Crippen LogP contribution >= 0.6 is 0 Å². The molecule has 4 aromatic heterocycles. The monoisotopic (exact) mass is 921 g/mol. The maximum absolute atomic E-state index is 16.0. The normalized spacial score (nSPS) is 12.7. The number of hydrogen-bond donors (Lipinski definition) is 3. The summed E-state index contributed by atoms with van der Waals surface area (Å²) in [7, 11) is -1.13. The van der Waals surface area contributed by atoms with Gasteiger partial charge in [-0.15, -0.1) is 0 Å². The second-order valence-corrected chi connectivity index (χ2v) is 19.9. The Bertz CT molecular complexity index is 3370. The molecule has 4 heterocycles. The van der Waals surface area contributed by atoms with E-state index in [9.17, 15) is 18.5 Å². The third-order valence-electron chi connectivity index (χ3n) is 10.9. The molecular formula is C48H48FN13O4S. The van der Waals surface area contributed by atoms with Crippen molar-refractivity contribution in [2.75, 3.05) is 31.5 Å². The Morgan fingerprint density at radius 3 is 1.73 bits per heavy atom. The first-order chi connectivity index (χ1) is 31.6. The topological polar surface area (TPSA) is 239 Å². The number of carbonyl (C=O) groups is 1. The summed E-state index contributed by atoms with van der Waals surface area (Å²) in [5.74, 6) is -1.50. The number of sulfonamides is 1. The minimum absolute atomic E-state index is 0.0430. The molecule has 342 valence electrons.